The van der Waals surface area contributed by atoms with E-state index in [9.17, 15) is 9.59 Å². The van der Waals surface area contributed by atoms with Gasteiger partial charge in [0, 0.05) is 35.4 Å². The second-order valence-electron chi connectivity index (χ2n) is 9.47. The fourth-order valence-electron chi connectivity index (χ4n) is 5.62. The monoisotopic (exact) mass is 494 g/mol. The number of nitrogens with two attached hydrogens (primary N) is 1. The predicted octanol–water partition coefficient (Wildman–Crippen LogP) is 3.20. The van der Waals surface area contributed by atoms with E-state index in [1.165, 1.54) is 6.08 Å². The number of hydrogen-bond acceptors (Lipinski definition) is 7. The number of Topliss-reactive ketones (excluding diaryl/α,β-unsaturated/α-hetero) is 1. The summed E-state index contributed by atoms with van der Waals surface area (Å²) in [4.78, 5) is 41.2. The Morgan fingerprint density at radius 2 is 2.00 bits per heavy atom. The van der Waals surface area contributed by atoms with Crippen LogP contribution in [-0.4, -0.2) is 55.2 Å². The number of amides is 1. The Bertz CT molecular complexity index is 1510. The zero-order chi connectivity index (χ0) is 25.6. The lowest BCUT2D eigenvalue weighted by Crippen LogP contribution is -2.56. The van der Waals surface area contributed by atoms with Crippen molar-refractivity contribution in [2.75, 3.05) is 18.9 Å². The topological polar surface area (TPSA) is 116 Å². The number of morpholine rings is 1. The summed E-state index contributed by atoms with van der Waals surface area (Å²) in [5.74, 6) is 0.854. The Hall–Kier alpha value is -4.37. The van der Waals surface area contributed by atoms with Crippen LogP contribution in [0, 0.1) is 0 Å². The molecule has 186 valence electrons. The molecule has 2 N–H and O–H groups in total. The number of carbonyl (C=O) groups excluding carboxylic acids is 2. The number of ketones is 1. The summed E-state index contributed by atoms with van der Waals surface area (Å²) >= 11 is 0. The number of aromatic nitrogens is 4. The van der Waals surface area contributed by atoms with Crippen LogP contribution < -0.4 is 5.73 Å². The van der Waals surface area contributed by atoms with E-state index in [1.54, 1.807) is 24.5 Å². The zero-order valence-corrected chi connectivity index (χ0v) is 20.2. The second kappa shape index (κ2) is 8.94. The maximum atomic E-state index is 13.0. The molecule has 1 amide bonds. The van der Waals surface area contributed by atoms with Gasteiger partial charge < -0.3 is 15.4 Å². The Morgan fingerprint density at radius 3 is 2.76 bits per heavy atom. The Kier molecular flexibility index (Phi) is 5.57. The van der Waals surface area contributed by atoms with Gasteiger partial charge in [-0.3, -0.25) is 19.0 Å². The third kappa shape index (κ3) is 3.70. The molecule has 2 atom stereocenters. The molecule has 9 nitrogen and oxygen atoms in total. The Labute approximate surface area is 213 Å². The normalized spacial score (nSPS) is 20.8. The Morgan fingerprint density at radius 1 is 1.16 bits per heavy atom. The summed E-state index contributed by atoms with van der Waals surface area (Å²) in [5, 5.41) is 0. The molecule has 2 fully saturated rings. The number of hydrogen-bond donors (Lipinski definition) is 1. The summed E-state index contributed by atoms with van der Waals surface area (Å²) in [7, 11) is 0. The fraction of sp³-hybridized carbons (Fsp3) is 0.250. The van der Waals surface area contributed by atoms with Crippen molar-refractivity contribution < 1.29 is 14.3 Å². The summed E-state index contributed by atoms with van der Waals surface area (Å²) in [5.41, 5.74) is 9.02. The van der Waals surface area contributed by atoms with Crippen LogP contribution in [0.2, 0.25) is 0 Å². The third-order valence-corrected chi connectivity index (χ3v) is 7.33. The van der Waals surface area contributed by atoms with Crippen molar-refractivity contribution in [3.63, 3.8) is 0 Å². The number of anilines is 1. The number of carbonyl (C=O) groups is 2. The molecule has 4 aromatic rings. The van der Waals surface area contributed by atoms with Gasteiger partial charge in [0.2, 0.25) is 5.91 Å². The number of imidazole rings is 1. The zero-order valence-electron chi connectivity index (χ0n) is 20.2. The van der Waals surface area contributed by atoms with Crippen molar-refractivity contribution in [3.8, 4) is 11.3 Å². The van der Waals surface area contributed by atoms with E-state index in [0.717, 1.165) is 24.1 Å². The van der Waals surface area contributed by atoms with Gasteiger partial charge in [-0.05, 0) is 31.1 Å². The van der Waals surface area contributed by atoms with Gasteiger partial charge in [0.15, 0.2) is 5.78 Å². The van der Waals surface area contributed by atoms with E-state index in [-0.39, 0.29) is 24.2 Å². The van der Waals surface area contributed by atoms with Crippen molar-refractivity contribution in [2.45, 2.75) is 30.8 Å². The lowest BCUT2D eigenvalue weighted by molar-refractivity contribution is -0.146. The summed E-state index contributed by atoms with van der Waals surface area (Å²) in [6, 6.07) is 12.8. The van der Waals surface area contributed by atoms with Gasteiger partial charge in [0.25, 0.3) is 0 Å². The lowest BCUT2D eigenvalue weighted by Gasteiger charge is -2.43. The minimum absolute atomic E-state index is 0.0179. The van der Waals surface area contributed by atoms with Crippen molar-refractivity contribution in [1.29, 1.82) is 0 Å². The number of benzene rings is 1. The minimum Gasteiger partial charge on any atom is -0.382 e. The van der Waals surface area contributed by atoms with Crippen LogP contribution in [0.15, 0.2) is 73.7 Å². The first-order valence-corrected chi connectivity index (χ1v) is 12.2. The number of nitrogens with zero attached hydrogens (tertiary/aromatic N) is 5. The molecule has 6 rings (SSSR count). The van der Waals surface area contributed by atoms with Gasteiger partial charge in [-0.15, -0.1) is 0 Å². The number of pyridine rings is 1. The molecule has 9 heteroatoms. The summed E-state index contributed by atoms with van der Waals surface area (Å²) in [6.45, 7) is 4.55. The van der Waals surface area contributed by atoms with Gasteiger partial charge in [0.05, 0.1) is 25.7 Å². The number of nitrogen functional groups attached to an aromatic ring is 1. The van der Waals surface area contributed by atoms with Crippen LogP contribution in [0.5, 0.6) is 0 Å². The molecule has 37 heavy (non-hydrogen) atoms. The highest BCUT2D eigenvalue weighted by atomic mass is 16.5. The van der Waals surface area contributed by atoms with Gasteiger partial charge in [-0.1, -0.05) is 36.9 Å². The standard InChI is InChI=1S/C28H26N6O3/c1-2-23(36)34-21-10-11-28(34,17-37-16-21)27-32-24(25-26(29)31-13-14-33(25)27)19-8-6-18(7-9-19)22(35)15-20-5-3-4-12-30-20/h2-9,12-14,21H,1,10-11,15-17H2,(H2,29,31). The summed E-state index contributed by atoms with van der Waals surface area (Å²) < 4.78 is 7.87. The quantitative estimate of drug-likeness (QED) is 0.323. The molecule has 0 aliphatic carbocycles. The molecule has 0 radical (unpaired) electrons. The minimum atomic E-state index is -0.734. The van der Waals surface area contributed by atoms with Crippen molar-refractivity contribution >= 4 is 23.0 Å². The van der Waals surface area contributed by atoms with Crippen LogP contribution >= 0.6 is 0 Å². The van der Waals surface area contributed by atoms with Gasteiger partial charge >= 0.3 is 0 Å². The third-order valence-electron chi connectivity index (χ3n) is 7.33. The molecular weight excluding hydrogens is 468 g/mol. The Balaban J connectivity index is 1.42. The molecule has 5 heterocycles. The molecule has 0 saturated carbocycles. The first kappa shape index (κ1) is 23.1. The molecule has 2 aliphatic rings. The van der Waals surface area contributed by atoms with Gasteiger partial charge in [-0.25, -0.2) is 9.97 Å². The predicted molar refractivity (Wildman–Crippen MR) is 138 cm³/mol. The smallest absolute Gasteiger partial charge is 0.247 e. The lowest BCUT2D eigenvalue weighted by atomic mass is 9.95. The van der Waals surface area contributed by atoms with E-state index >= 15 is 0 Å². The largest absolute Gasteiger partial charge is 0.382 e. The highest BCUT2D eigenvalue weighted by molar-refractivity contribution is 5.98. The molecule has 0 spiro atoms. The van der Waals surface area contributed by atoms with E-state index in [2.05, 4.69) is 16.5 Å². The van der Waals surface area contributed by atoms with Crippen molar-refractivity contribution in [3.05, 3.63) is 90.8 Å². The second-order valence-corrected chi connectivity index (χ2v) is 9.47. The van der Waals surface area contributed by atoms with Crippen molar-refractivity contribution in [1.82, 2.24) is 24.3 Å². The molecule has 1 aromatic carbocycles. The first-order chi connectivity index (χ1) is 18.0. The fourth-order valence-corrected chi connectivity index (χ4v) is 5.62. The van der Waals surface area contributed by atoms with Crippen LogP contribution in [0.1, 0.15) is 34.7 Å². The maximum Gasteiger partial charge on any atom is 0.247 e. The molecule has 3 aromatic heterocycles. The summed E-state index contributed by atoms with van der Waals surface area (Å²) in [6.07, 6.45) is 8.24. The van der Waals surface area contributed by atoms with Crippen LogP contribution in [0.3, 0.4) is 0 Å². The number of fused-ring (bicyclic) bond motifs is 3. The van der Waals surface area contributed by atoms with E-state index < -0.39 is 5.54 Å². The van der Waals surface area contributed by atoms with Crippen LogP contribution in [0.25, 0.3) is 16.8 Å². The highest BCUT2D eigenvalue weighted by Crippen LogP contribution is 2.46. The molecule has 2 aliphatic heterocycles. The number of rotatable bonds is 6. The average molecular weight is 495 g/mol. The molecule has 2 unspecified atom stereocenters. The number of ether oxygens (including phenoxy) is 1. The molecular formula is C28H26N6O3. The van der Waals surface area contributed by atoms with Gasteiger partial charge in [-0.2, -0.15) is 0 Å². The van der Waals surface area contributed by atoms with E-state index in [1.807, 2.05) is 45.8 Å². The maximum absolute atomic E-state index is 13.0. The van der Waals surface area contributed by atoms with E-state index in [0.29, 0.717) is 41.6 Å². The highest BCUT2D eigenvalue weighted by Gasteiger charge is 2.55. The van der Waals surface area contributed by atoms with Crippen LogP contribution in [0.4, 0.5) is 5.82 Å². The average Bonchev–Trinajstić information content (AvgIpc) is 3.43. The van der Waals surface area contributed by atoms with E-state index in [4.69, 9.17) is 15.5 Å². The molecule has 2 bridgehead atoms. The van der Waals surface area contributed by atoms with Gasteiger partial charge in [0.1, 0.15) is 28.4 Å². The SMILES string of the molecule is C=CC(=O)N1C2CCC1(c1nc(-c3ccc(C(=O)Cc4ccccn4)cc3)c3c(N)nccn13)COC2. The molecule has 2 saturated heterocycles. The van der Waals surface area contributed by atoms with Crippen molar-refractivity contribution in [2.24, 2.45) is 0 Å². The first-order valence-electron chi connectivity index (χ1n) is 12.2. The van der Waals surface area contributed by atoms with Crippen LogP contribution in [-0.2, 0) is 21.5 Å².